The Morgan fingerprint density at radius 3 is 2.65 bits per heavy atom. The number of likely N-dealkylation sites (tertiary alicyclic amines) is 1. The summed E-state index contributed by atoms with van der Waals surface area (Å²) in [6.07, 6.45) is 1.31. The molecule has 1 aliphatic rings. The van der Waals surface area contributed by atoms with E-state index in [0.717, 1.165) is 0 Å². The van der Waals surface area contributed by atoms with Gasteiger partial charge < -0.3 is 15.0 Å². The topological polar surface area (TPSA) is 86.3 Å². The largest absolute Gasteiger partial charge is 0.386 e. The number of aliphatic hydroxyl groups is 1. The van der Waals surface area contributed by atoms with E-state index in [2.05, 4.69) is 9.97 Å². The second-order valence-electron chi connectivity index (χ2n) is 5.54. The first kappa shape index (κ1) is 14.7. The predicted octanol–water partition coefficient (Wildman–Crippen LogP) is 0.303. The highest BCUT2D eigenvalue weighted by molar-refractivity contribution is 5.77. The maximum Gasteiger partial charge on any atom is 0.254 e. The van der Waals surface area contributed by atoms with Crippen molar-refractivity contribution in [1.29, 1.82) is 0 Å². The van der Waals surface area contributed by atoms with E-state index in [9.17, 15) is 14.7 Å². The van der Waals surface area contributed by atoms with Crippen molar-refractivity contribution in [2.24, 2.45) is 0 Å². The summed E-state index contributed by atoms with van der Waals surface area (Å²) >= 11 is 0. The molecule has 1 aromatic heterocycles. The van der Waals surface area contributed by atoms with Gasteiger partial charge in [-0.05, 0) is 26.7 Å². The van der Waals surface area contributed by atoms with Crippen LogP contribution in [0.25, 0.3) is 0 Å². The second kappa shape index (κ2) is 5.36. The number of H-pyrrole nitrogens is 1. The Balaban J connectivity index is 1.94. The highest BCUT2D eigenvalue weighted by Gasteiger charge is 2.41. The molecule has 110 valence electrons. The average Bonchev–Trinajstić information content (AvgIpc) is 2.33. The number of β-amino-alcohol motifs (C(OH)–C–C–N with tert-alkyl or cyclic N) is 1. The third kappa shape index (κ3) is 2.90. The molecule has 2 N–H and O–H groups in total. The number of nitrogens with one attached hydrogen (secondary N) is 1. The molecule has 0 atom stereocenters. The zero-order chi connectivity index (χ0) is 14.9. The molecule has 0 saturated carbocycles. The number of hydrogen-bond acceptors (Lipinski definition) is 4. The van der Waals surface area contributed by atoms with Crippen LogP contribution in [-0.4, -0.2) is 44.6 Å². The SMILES string of the molecule is CCC1(O)CN(C(=O)CCc2c(C)nc(C)[nH]c2=O)C1. The fourth-order valence-electron chi connectivity index (χ4n) is 2.50. The Hall–Kier alpha value is -1.69. The first-order chi connectivity index (χ1) is 9.34. The quantitative estimate of drug-likeness (QED) is 0.830. The van der Waals surface area contributed by atoms with Crippen molar-refractivity contribution in [1.82, 2.24) is 14.9 Å². The number of aromatic nitrogens is 2. The molecular formula is C14H21N3O3. The van der Waals surface area contributed by atoms with Crippen molar-refractivity contribution in [2.45, 2.75) is 45.6 Å². The number of carbonyl (C=O) groups is 1. The lowest BCUT2D eigenvalue weighted by Crippen LogP contribution is -2.63. The maximum atomic E-state index is 12.0. The lowest BCUT2D eigenvalue weighted by atomic mass is 9.91. The summed E-state index contributed by atoms with van der Waals surface area (Å²) in [6.45, 7) is 6.20. The zero-order valence-electron chi connectivity index (χ0n) is 12.2. The highest BCUT2D eigenvalue weighted by Crippen LogP contribution is 2.24. The zero-order valence-corrected chi connectivity index (χ0v) is 12.2. The third-order valence-corrected chi connectivity index (χ3v) is 3.91. The fraction of sp³-hybridized carbons (Fsp3) is 0.643. The standard InChI is InChI=1S/C14H21N3O3/c1-4-14(20)7-17(8-14)12(18)6-5-11-9(2)15-10(3)16-13(11)19/h20H,4-8H2,1-3H3,(H,15,16,19). The van der Waals surface area contributed by atoms with Gasteiger partial charge in [0.2, 0.25) is 5.91 Å². The van der Waals surface area contributed by atoms with Gasteiger partial charge in [0.15, 0.2) is 0 Å². The Labute approximate surface area is 117 Å². The van der Waals surface area contributed by atoms with Crippen molar-refractivity contribution < 1.29 is 9.90 Å². The maximum absolute atomic E-state index is 12.0. The highest BCUT2D eigenvalue weighted by atomic mass is 16.3. The summed E-state index contributed by atoms with van der Waals surface area (Å²) in [5.41, 5.74) is 0.355. The molecule has 1 saturated heterocycles. The summed E-state index contributed by atoms with van der Waals surface area (Å²) in [6, 6.07) is 0. The van der Waals surface area contributed by atoms with Crippen LogP contribution in [0, 0.1) is 13.8 Å². The summed E-state index contributed by atoms with van der Waals surface area (Å²) in [5.74, 6) is 0.556. The van der Waals surface area contributed by atoms with E-state index in [4.69, 9.17) is 0 Å². The number of aryl methyl sites for hydroxylation is 2. The van der Waals surface area contributed by atoms with Crippen LogP contribution in [0.2, 0.25) is 0 Å². The molecule has 2 heterocycles. The van der Waals surface area contributed by atoms with E-state index in [1.807, 2.05) is 6.92 Å². The molecule has 6 nitrogen and oxygen atoms in total. The van der Waals surface area contributed by atoms with E-state index >= 15 is 0 Å². The van der Waals surface area contributed by atoms with E-state index in [1.54, 1.807) is 18.7 Å². The number of amides is 1. The van der Waals surface area contributed by atoms with Crippen LogP contribution >= 0.6 is 0 Å². The first-order valence-electron chi connectivity index (χ1n) is 6.91. The van der Waals surface area contributed by atoms with E-state index in [0.29, 0.717) is 43.0 Å². The number of aromatic amines is 1. The summed E-state index contributed by atoms with van der Waals surface area (Å²) in [5, 5.41) is 9.88. The van der Waals surface area contributed by atoms with E-state index in [-0.39, 0.29) is 17.9 Å². The van der Waals surface area contributed by atoms with Crippen molar-refractivity contribution in [3.8, 4) is 0 Å². The van der Waals surface area contributed by atoms with Crippen molar-refractivity contribution in [3.05, 3.63) is 27.4 Å². The summed E-state index contributed by atoms with van der Waals surface area (Å²) < 4.78 is 0. The van der Waals surface area contributed by atoms with Gasteiger partial charge in [-0.2, -0.15) is 0 Å². The van der Waals surface area contributed by atoms with E-state index in [1.165, 1.54) is 0 Å². The number of rotatable bonds is 4. The van der Waals surface area contributed by atoms with Gasteiger partial charge in [-0.25, -0.2) is 4.98 Å². The first-order valence-corrected chi connectivity index (χ1v) is 6.91. The van der Waals surface area contributed by atoms with Crippen molar-refractivity contribution in [2.75, 3.05) is 13.1 Å². The molecule has 20 heavy (non-hydrogen) atoms. The lowest BCUT2D eigenvalue weighted by Gasteiger charge is -2.46. The van der Waals surface area contributed by atoms with Crippen LogP contribution < -0.4 is 5.56 Å². The Kier molecular flexibility index (Phi) is 3.94. The third-order valence-electron chi connectivity index (χ3n) is 3.91. The molecular weight excluding hydrogens is 258 g/mol. The van der Waals surface area contributed by atoms with Crippen LogP contribution in [-0.2, 0) is 11.2 Å². The van der Waals surface area contributed by atoms with Crippen LogP contribution in [0.4, 0.5) is 0 Å². The van der Waals surface area contributed by atoms with Gasteiger partial charge in [-0.1, -0.05) is 6.92 Å². The van der Waals surface area contributed by atoms with Crippen LogP contribution in [0.1, 0.15) is 36.8 Å². The molecule has 1 amide bonds. The Morgan fingerprint density at radius 1 is 1.45 bits per heavy atom. The predicted molar refractivity (Wildman–Crippen MR) is 74.5 cm³/mol. The van der Waals surface area contributed by atoms with Crippen LogP contribution in [0.5, 0.6) is 0 Å². The van der Waals surface area contributed by atoms with Gasteiger partial charge in [0, 0.05) is 17.7 Å². The minimum Gasteiger partial charge on any atom is -0.386 e. The van der Waals surface area contributed by atoms with Crippen LogP contribution in [0.3, 0.4) is 0 Å². The normalized spacial score (nSPS) is 16.9. The lowest BCUT2D eigenvalue weighted by molar-refractivity contribution is -0.155. The van der Waals surface area contributed by atoms with Gasteiger partial charge in [0.1, 0.15) is 5.82 Å². The van der Waals surface area contributed by atoms with Crippen molar-refractivity contribution in [3.63, 3.8) is 0 Å². The van der Waals surface area contributed by atoms with Gasteiger partial charge in [0.25, 0.3) is 5.56 Å². The average molecular weight is 279 g/mol. The Bertz CT molecular complexity index is 574. The molecule has 0 aromatic carbocycles. The second-order valence-corrected chi connectivity index (χ2v) is 5.54. The molecule has 0 aliphatic carbocycles. The number of nitrogens with zero attached hydrogens (tertiary/aromatic N) is 2. The molecule has 0 spiro atoms. The minimum atomic E-state index is -0.714. The molecule has 0 bridgehead atoms. The molecule has 0 radical (unpaired) electrons. The summed E-state index contributed by atoms with van der Waals surface area (Å²) in [4.78, 5) is 32.3. The molecule has 6 heteroatoms. The van der Waals surface area contributed by atoms with Gasteiger partial charge in [-0.3, -0.25) is 9.59 Å². The minimum absolute atomic E-state index is 0.0255. The van der Waals surface area contributed by atoms with Gasteiger partial charge >= 0.3 is 0 Å². The Morgan fingerprint density at radius 2 is 2.10 bits per heavy atom. The fourth-order valence-corrected chi connectivity index (χ4v) is 2.50. The molecule has 1 fully saturated rings. The molecule has 1 aliphatic heterocycles. The van der Waals surface area contributed by atoms with Gasteiger partial charge in [0.05, 0.1) is 18.7 Å². The number of carbonyl (C=O) groups excluding carboxylic acids is 1. The summed E-state index contributed by atoms with van der Waals surface area (Å²) in [7, 11) is 0. The molecule has 0 unspecified atom stereocenters. The van der Waals surface area contributed by atoms with Crippen LogP contribution in [0.15, 0.2) is 4.79 Å². The molecule has 2 rings (SSSR count). The smallest absolute Gasteiger partial charge is 0.254 e. The monoisotopic (exact) mass is 279 g/mol. The van der Waals surface area contributed by atoms with Gasteiger partial charge in [-0.15, -0.1) is 0 Å². The van der Waals surface area contributed by atoms with E-state index < -0.39 is 5.60 Å². The number of hydrogen-bond donors (Lipinski definition) is 2. The molecule has 1 aromatic rings. The van der Waals surface area contributed by atoms with Crippen molar-refractivity contribution >= 4 is 5.91 Å².